The van der Waals surface area contributed by atoms with Crippen LogP contribution in [0.15, 0.2) is 18.5 Å². The average Bonchev–Trinajstić information content (AvgIpc) is 2.08. The monoisotopic (exact) mass is 168 g/mol. The third-order valence-electron chi connectivity index (χ3n) is 1.19. The molecular formula is C8H12N2O2. The van der Waals surface area contributed by atoms with E-state index in [1.807, 2.05) is 13.8 Å². The number of rotatable bonds is 1. The summed E-state index contributed by atoms with van der Waals surface area (Å²) < 4.78 is 0. The zero-order chi connectivity index (χ0) is 9.56. The molecule has 0 unspecified atom stereocenters. The van der Waals surface area contributed by atoms with Gasteiger partial charge in [-0.1, -0.05) is 13.8 Å². The molecular weight excluding hydrogens is 156 g/mol. The molecule has 0 aliphatic rings. The summed E-state index contributed by atoms with van der Waals surface area (Å²) in [4.78, 5) is 13.5. The fourth-order valence-electron chi connectivity index (χ4n) is 0.671. The molecule has 1 aromatic rings. The Morgan fingerprint density at radius 3 is 2.42 bits per heavy atom. The third-order valence-corrected chi connectivity index (χ3v) is 1.19. The molecule has 0 radical (unpaired) electrons. The van der Waals surface area contributed by atoms with E-state index in [2.05, 4.69) is 4.98 Å². The summed E-state index contributed by atoms with van der Waals surface area (Å²) in [6, 6.07) is 1.38. The topological polar surface area (TPSA) is 56.0 Å². The van der Waals surface area contributed by atoms with Gasteiger partial charge in [-0.25, -0.2) is 0 Å². The van der Waals surface area contributed by atoms with Crippen LogP contribution in [0, 0.1) is 17.0 Å². The highest BCUT2D eigenvalue weighted by molar-refractivity contribution is 5.35. The van der Waals surface area contributed by atoms with Crippen molar-refractivity contribution in [1.82, 2.24) is 4.98 Å². The number of nitro groups is 1. The first-order valence-corrected chi connectivity index (χ1v) is 3.77. The summed E-state index contributed by atoms with van der Waals surface area (Å²) in [6.45, 7) is 5.66. The second-order valence-electron chi connectivity index (χ2n) is 1.92. The molecule has 0 saturated heterocycles. The maximum atomic E-state index is 10.2. The van der Waals surface area contributed by atoms with E-state index in [1.165, 1.54) is 18.5 Å². The van der Waals surface area contributed by atoms with Crippen molar-refractivity contribution in [2.45, 2.75) is 20.8 Å². The minimum absolute atomic E-state index is 0.120. The van der Waals surface area contributed by atoms with Gasteiger partial charge in [0.1, 0.15) is 0 Å². The number of hydrogen-bond donors (Lipinski definition) is 0. The predicted octanol–water partition coefficient (Wildman–Crippen LogP) is 2.32. The lowest BCUT2D eigenvalue weighted by molar-refractivity contribution is -0.385. The summed E-state index contributed by atoms with van der Waals surface area (Å²) in [5.74, 6) is 0. The first kappa shape index (κ1) is 10.6. The van der Waals surface area contributed by atoms with E-state index >= 15 is 0 Å². The second-order valence-corrected chi connectivity index (χ2v) is 1.92. The number of nitrogens with zero attached hydrogens (tertiary/aromatic N) is 2. The van der Waals surface area contributed by atoms with E-state index in [0.717, 1.165) is 0 Å². The van der Waals surface area contributed by atoms with Crippen molar-refractivity contribution in [2.75, 3.05) is 0 Å². The van der Waals surface area contributed by atoms with Gasteiger partial charge in [0.05, 0.1) is 4.92 Å². The SMILES string of the molecule is CC.Cc1cnccc1[N+](=O)[O-]. The van der Waals surface area contributed by atoms with Crippen LogP contribution in [0.2, 0.25) is 0 Å². The van der Waals surface area contributed by atoms with Crippen molar-refractivity contribution in [3.63, 3.8) is 0 Å². The van der Waals surface area contributed by atoms with E-state index in [1.54, 1.807) is 6.92 Å². The van der Waals surface area contributed by atoms with Crippen molar-refractivity contribution >= 4 is 5.69 Å². The van der Waals surface area contributed by atoms with Crippen molar-refractivity contribution in [3.05, 3.63) is 34.1 Å². The molecule has 4 nitrogen and oxygen atoms in total. The molecule has 1 rings (SSSR count). The normalized spacial score (nSPS) is 8.25. The molecule has 0 bridgehead atoms. The highest BCUT2D eigenvalue weighted by atomic mass is 16.6. The van der Waals surface area contributed by atoms with Crippen LogP contribution in [0.1, 0.15) is 19.4 Å². The molecule has 0 amide bonds. The van der Waals surface area contributed by atoms with Gasteiger partial charge in [-0.15, -0.1) is 0 Å². The fourth-order valence-corrected chi connectivity index (χ4v) is 0.671. The van der Waals surface area contributed by atoms with Gasteiger partial charge in [0.15, 0.2) is 0 Å². The molecule has 0 spiro atoms. The molecule has 1 heterocycles. The molecule has 0 aliphatic heterocycles. The highest BCUT2D eigenvalue weighted by Crippen LogP contribution is 2.13. The van der Waals surface area contributed by atoms with Gasteiger partial charge in [0, 0.05) is 24.0 Å². The smallest absolute Gasteiger partial charge is 0.264 e. The van der Waals surface area contributed by atoms with Crippen molar-refractivity contribution in [2.24, 2.45) is 0 Å². The molecule has 0 aromatic carbocycles. The molecule has 0 atom stereocenters. The lowest BCUT2D eigenvalue weighted by Crippen LogP contribution is -1.90. The van der Waals surface area contributed by atoms with Crippen LogP contribution >= 0.6 is 0 Å². The molecule has 0 N–H and O–H groups in total. The summed E-state index contributed by atoms with van der Waals surface area (Å²) in [5.41, 5.74) is 0.711. The summed E-state index contributed by atoms with van der Waals surface area (Å²) in [7, 11) is 0. The van der Waals surface area contributed by atoms with E-state index in [9.17, 15) is 10.1 Å². The summed E-state index contributed by atoms with van der Waals surface area (Å²) in [6.07, 6.45) is 2.88. The van der Waals surface area contributed by atoms with Gasteiger partial charge in [-0.05, 0) is 6.92 Å². The number of pyridine rings is 1. The Kier molecular flexibility index (Phi) is 4.60. The first-order valence-electron chi connectivity index (χ1n) is 3.77. The van der Waals surface area contributed by atoms with Crippen LogP contribution in [0.5, 0.6) is 0 Å². The van der Waals surface area contributed by atoms with Crippen LogP contribution in [0.4, 0.5) is 5.69 Å². The third kappa shape index (κ3) is 2.65. The minimum Gasteiger partial charge on any atom is -0.264 e. The first-order chi connectivity index (χ1) is 5.72. The fraction of sp³-hybridized carbons (Fsp3) is 0.375. The zero-order valence-electron chi connectivity index (χ0n) is 7.44. The van der Waals surface area contributed by atoms with Gasteiger partial charge in [-0.3, -0.25) is 15.1 Å². The molecule has 0 saturated carbocycles. The predicted molar refractivity (Wildman–Crippen MR) is 47.0 cm³/mol. The van der Waals surface area contributed by atoms with Gasteiger partial charge in [0.2, 0.25) is 0 Å². The molecule has 0 aliphatic carbocycles. The van der Waals surface area contributed by atoms with Crippen molar-refractivity contribution in [3.8, 4) is 0 Å². The maximum Gasteiger partial charge on any atom is 0.275 e. The van der Waals surface area contributed by atoms with Crippen molar-refractivity contribution < 1.29 is 4.92 Å². The van der Waals surface area contributed by atoms with E-state index in [4.69, 9.17) is 0 Å². The largest absolute Gasteiger partial charge is 0.275 e. The van der Waals surface area contributed by atoms with Gasteiger partial charge in [-0.2, -0.15) is 0 Å². The Labute approximate surface area is 71.4 Å². The molecule has 12 heavy (non-hydrogen) atoms. The molecule has 1 aromatic heterocycles. The Bertz CT molecular complexity index is 261. The van der Waals surface area contributed by atoms with Crippen LogP contribution < -0.4 is 0 Å². The summed E-state index contributed by atoms with van der Waals surface area (Å²) >= 11 is 0. The Morgan fingerprint density at radius 2 is 2.08 bits per heavy atom. The Hall–Kier alpha value is -1.45. The zero-order valence-corrected chi connectivity index (χ0v) is 7.44. The summed E-state index contributed by atoms with van der Waals surface area (Å²) in [5, 5.41) is 10.2. The minimum atomic E-state index is -0.420. The maximum absolute atomic E-state index is 10.2. The molecule has 0 fully saturated rings. The van der Waals surface area contributed by atoms with Crippen LogP contribution in [0.25, 0.3) is 0 Å². The van der Waals surface area contributed by atoms with Crippen molar-refractivity contribution in [1.29, 1.82) is 0 Å². The average molecular weight is 168 g/mol. The van der Waals surface area contributed by atoms with Crippen LogP contribution in [-0.2, 0) is 0 Å². The lowest BCUT2D eigenvalue weighted by Gasteiger charge is -1.91. The van der Waals surface area contributed by atoms with Gasteiger partial charge in [0.25, 0.3) is 5.69 Å². The Morgan fingerprint density at radius 1 is 1.50 bits per heavy atom. The molecule has 4 heteroatoms. The highest BCUT2D eigenvalue weighted by Gasteiger charge is 2.06. The number of hydrogen-bond acceptors (Lipinski definition) is 3. The van der Waals surface area contributed by atoms with Gasteiger partial charge >= 0.3 is 0 Å². The van der Waals surface area contributed by atoms with E-state index < -0.39 is 4.92 Å². The quantitative estimate of drug-likeness (QED) is 0.477. The lowest BCUT2D eigenvalue weighted by atomic mass is 10.3. The van der Waals surface area contributed by atoms with E-state index in [0.29, 0.717) is 5.56 Å². The van der Waals surface area contributed by atoms with Crippen LogP contribution in [-0.4, -0.2) is 9.91 Å². The van der Waals surface area contributed by atoms with Gasteiger partial charge < -0.3 is 0 Å². The second kappa shape index (κ2) is 5.23. The van der Waals surface area contributed by atoms with Crippen LogP contribution in [0.3, 0.4) is 0 Å². The standard InChI is InChI=1S/C6H6N2O2.C2H6/c1-5-4-7-3-2-6(5)8(9)10;1-2/h2-4H,1H3;1-2H3. The number of aryl methyl sites for hydroxylation is 1. The molecule has 66 valence electrons. The Balaban J connectivity index is 0.000000561. The number of aromatic nitrogens is 1. The van der Waals surface area contributed by atoms with E-state index in [-0.39, 0.29) is 5.69 Å².